The van der Waals surface area contributed by atoms with Crippen LogP contribution < -0.4 is 11.2 Å². The molecule has 21 heavy (non-hydrogen) atoms. The predicted octanol–water partition coefficient (Wildman–Crippen LogP) is -0.699. The van der Waals surface area contributed by atoms with Crippen LogP contribution in [0.1, 0.15) is 12.6 Å². The number of hydrogen-bond acceptors (Lipinski definition) is 7. The van der Waals surface area contributed by atoms with Gasteiger partial charge in [-0.2, -0.15) is 9.78 Å². The number of nitrogens with one attached hydrogen (secondary N) is 1. The van der Waals surface area contributed by atoms with Crippen molar-refractivity contribution in [2.24, 2.45) is 0 Å². The Morgan fingerprint density at radius 2 is 2.33 bits per heavy atom. The summed E-state index contributed by atoms with van der Waals surface area (Å²) in [5.41, 5.74) is -1.16. The van der Waals surface area contributed by atoms with Crippen molar-refractivity contribution in [3.8, 4) is 10.6 Å². The molecular formula is C12H13N3O5S. The molecule has 1 fully saturated rings. The maximum atomic E-state index is 11.9. The Balaban J connectivity index is 2.02. The predicted molar refractivity (Wildman–Crippen MR) is 74.1 cm³/mol. The average molecular weight is 311 g/mol. The van der Waals surface area contributed by atoms with Crippen LogP contribution in [0.2, 0.25) is 0 Å². The van der Waals surface area contributed by atoms with Gasteiger partial charge in [-0.25, -0.2) is 4.79 Å². The molecule has 3 rings (SSSR count). The summed E-state index contributed by atoms with van der Waals surface area (Å²) in [6, 6.07) is 3.49. The molecule has 0 aromatic carbocycles. The van der Waals surface area contributed by atoms with Gasteiger partial charge in [0.2, 0.25) is 0 Å². The summed E-state index contributed by atoms with van der Waals surface area (Å²) in [4.78, 5) is 26.5. The van der Waals surface area contributed by atoms with E-state index in [9.17, 15) is 14.7 Å². The Bertz CT molecular complexity index is 738. The maximum absolute atomic E-state index is 11.9. The Hall–Kier alpha value is -1.81. The molecule has 1 aliphatic rings. The maximum Gasteiger partial charge on any atom is 0.347 e. The van der Waals surface area contributed by atoms with Crippen LogP contribution in [-0.4, -0.2) is 43.8 Å². The molecule has 3 atom stereocenters. The van der Waals surface area contributed by atoms with Crippen molar-refractivity contribution < 1.29 is 14.9 Å². The van der Waals surface area contributed by atoms with Gasteiger partial charge in [-0.15, -0.1) is 11.3 Å². The lowest BCUT2D eigenvalue weighted by Gasteiger charge is -2.13. The number of H-pyrrole nitrogens is 1. The second-order valence-electron chi connectivity index (χ2n) is 4.64. The van der Waals surface area contributed by atoms with Crippen molar-refractivity contribution in [2.75, 3.05) is 6.61 Å². The van der Waals surface area contributed by atoms with Gasteiger partial charge in [-0.3, -0.25) is 9.78 Å². The second-order valence-corrected chi connectivity index (χ2v) is 5.59. The molecule has 0 bridgehead atoms. The monoisotopic (exact) mass is 311 g/mol. The molecule has 2 aromatic heterocycles. The Morgan fingerprint density at radius 1 is 1.52 bits per heavy atom. The van der Waals surface area contributed by atoms with E-state index in [0.29, 0.717) is 4.88 Å². The largest absolute Gasteiger partial charge is 0.394 e. The van der Waals surface area contributed by atoms with Gasteiger partial charge in [0.15, 0.2) is 11.9 Å². The minimum atomic E-state index is -0.884. The van der Waals surface area contributed by atoms with Crippen molar-refractivity contribution >= 4 is 11.3 Å². The molecular weight excluding hydrogens is 298 g/mol. The quantitative estimate of drug-likeness (QED) is 0.690. The van der Waals surface area contributed by atoms with Crippen LogP contribution in [0.5, 0.6) is 0 Å². The second kappa shape index (κ2) is 5.53. The van der Waals surface area contributed by atoms with E-state index in [1.54, 1.807) is 17.5 Å². The lowest BCUT2D eigenvalue weighted by atomic mass is 10.2. The fourth-order valence-corrected chi connectivity index (χ4v) is 2.92. The van der Waals surface area contributed by atoms with E-state index in [-0.39, 0.29) is 18.7 Å². The van der Waals surface area contributed by atoms with Crippen LogP contribution in [0.25, 0.3) is 10.6 Å². The van der Waals surface area contributed by atoms with Crippen LogP contribution in [0, 0.1) is 0 Å². The van der Waals surface area contributed by atoms with Crippen LogP contribution in [-0.2, 0) is 4.74 Å². The number of aliphatic hydroxyl groups excluding tert-OH is 2. The fourth-order valence-electron chi connectivity index (χ4n) is 2.21. The fraction of sp³-hybridized carbons (Fsp3) is 0.417. The Morgan fingerprint density at radius 3 is 2.95 bits per heavy atom. The SMILES string of the molecule is O=c1[nH]c(=O)n([C@H]2C[C@H](O)[C@@H](CO)O2)nc1-c1cccs1. The summed E-state index contributed by atoms with van der Waals surface area (Å²) in [6.45, 7) is -0.354. The van der Waals surface area contributed by atoms with Gasteiger partial charge in [0.1, 0.15) is 6.10 Å². The van der Waals surface area contributed by atoms with E-state index in [1.807, 2.05) is 0 Å². The number of rotatable bonds is 3. The molecule has 112 valence electrons. The first-order chi connectivity index (χ1) is 10.1. The topological polar surface area (TPSA) is 117 Å². The molecule has 0 unspecified atom stereocenters. The highest BCUT2D eigenvalue weighted by atomic mass is 32.1. The number of aromatic nitrogens is 3. The summed E-state index contributed by atoms with van der Waals surface area (Å²) >= 11 is 1.32. The number of ether oxygens (including phenoxy) is 1. The summed E-state index contributed by atoms with van der Waals surface area (Å²) < 4.78 is 6.38. The zero-order valence-corrected chi connectivity index (χ0v) is 11.6. The zero-order valence-electron chi connectivity index (χ0n) is 10.8. The van der Waals surface area contributed by atoms with Crippen LogP contribution in [0.3, 0.4) is 0 Å². The molecule has 8 nitrogen and oxygen atoms in total. The van der Waals surface area contributed by atoms with E-state index in [4.69, 9.17) is 9.84 Å². The van der Waals surface area contributed by atoms with Gasteiger partial charge in [0.05, 0.1) is 17.6 Å². The van der Waals surface area contributed by atoms with Gasteiger partial charge in [-0.05, 0) is 11.4 Å². The zero-order chi connectivity index (χ0) is 15.0. The third kappa shape index (κ3) is 2.56. The molecule has 1 saturated heterocycles. The minimum absolute atomic E-state index is 0.119. The molecule has 0 aliphatic carbocycles. The molecule has 0 saturated carbocycles. The van der Waals surface area contributed by atoms with Gasteiger partial charge in [-0.1, -0.05) is 6.07 Å². The highest BCUT2D eigenvalue weighted by Gasteiger charge is 2.35. The third-order valence-electron chi connectivity index (χ3n) is 3.26. The average Bonchev–Trinajstić information content (AvgIpc) is 3.08. The first kappa shape index (κ1) is 14.1. The third-order valence-corrected chi connectivity index (χ3v) is 4.14. The van der Waals surface area contributed by atoms with Crippen molar-refractivity contribution in [3.63, 3.8) is 0 Å². The summed E-state index contributed by atoms with van der Waals surface area (Å²) in [7, 11) is 0. The molecule has 9 heteroatoms. The van der Waals surface area contributed by atoms with E-state index < -0.39 is 29.7 Å². The lowest BCUT2D eigenvalue weighted by molar-refractivity contribution is -0.0505. The van der Waals surface area contributed by atoms with Crippen LogP contribution in [0.4, 0.5) is 0 Å². The van der Waals surface area contributed by atoms with Crippen molar-refractivity contribution in [3.05, 3.63) is 38.4 Å². The van der Waals surface area contributed by atoms with Gasteiger partial charge >= 0.3 is 5.69 Å². The highest BCUT2D eigenvalue weighted by Crippen LogP contribution is 2.27. The number of aromatic amines is 1. The van der Waals surface area contributed by atoms with Crippen LogP contribution in [0.15, 0.2) is 27.1 Å². The van der Waals surface area contributed by atoms with Crippen molar-refractivity contribution in [1.82, 2.24) is 14.8 Å². The molecule has 3 N–H and O–H groups in total. The van der Waals surface area contributed by atoms with E-state index in [1.165, 1.54) is 11.3 Å². The standard InChI is InChI=1S/C12H13N3O5S/c16-5-7-6(17)4-9(20-7)15-12(19)13-11(18)10(14-15)8-2-1-3-21-8/h1-3,6-7,9,16-17H,4-5H2,(H,13,18,19)/t6-,7+,9+/m0/s1. The normalized spacial score (nSPS) is 25.3. The minimum Gasteiger partial charge on any atom is -0.394 e. The molecule has 1 aliphatic heterocycles. The molecule has 0 amide bonds. The first-order valence-electron chi connectivity index (χ1n) is 6.31. The van der Waals surface area contributed by atoms with Crippen molar-refractivity contribution in [2.45, 2.75) is 24.9 Å². The van der Waals surface area contributed by atoms with E-state index in [0.717, 1.165) is 4.68 Å². The molecule has 3 heterocycles. The van der Waals surface area contributed by atoms with Gasteiger partial charge in [0.25, 0.3) is 5.56 Å². The molecule has 0 radical (unpaired) electrons. The van der Waals surface area contributed by atoms with Gasteiger partial charge < -0.3 is 14.9 Å². The van der Waals surface area contributed by atoms with E-state index >= 15 is 0 Å². The highest BCUT2D eigenvalue weighted by molar-refractivity contribution is 7.13. The summed E-state index contributed by atoms with van der Waals surface area (Å²) in [5, 5.41) is 24.6. The molecule has 0 spiro atoms. The van der Waals surface area contributed by atoms with Crippen LogP contribution >= 0.6 is 11.3 Å². The summed E-state index contributed by atoms with van der Waals surface area (Å²) in [5.74, 6) is 0. The number of aliphatic hydroxyl groups is 2. The Labute approximate surface area is 122 Å². The number of nitrogens with zero attached hydrogens (tertiary/aromatic N) is 2. The number of hydrogen-bond donors (Lipinski definition) is 3. The Kier molecular flexibility index (Phi) is 3.72. The first-order valence-corrected chi connectivity index (χ1v) is 7.19. The lowest BCUT2D eigenvalue weighted by Crippen LogP contribution is -2.36. The van der Waals surface area contributed by atoms with Gasteiger partial charge in [0, 0.05) is 6.42 Å². The van der Waals surface area contributed by atoms with E-state index in [2.05, 4.69) is 10.1 Å². The molecule has 2 aromatic rings. The number of thiophene rings is 1. The van der Waals surface area contributed by atoms with Crippen molar-refractivity contribution in [1.29, 1.82) is 0 Å². The smallest absolute Gasteiger partial charge is 0.347 e. The summed E-state index contributed by atoms with van der Waals surface area (Å²) in [6.07, 6.45) is -2.35.